The van der Waals surface area contributed by atoms with Crippen LogP contribution in [0.1, 0.15) is 26.0 Å². The molecule has 0 saturated heterocycles. The second-order valence-corrected chi connectivity index (χ2v) is 10.2. The molecule has 9 aromatic rings. The zero-order valence-corrected chi connectivity index (χ0v) is 22.7. The van der Waals surface area contributed by atoms with Gasteiger partial charge in [-0.15, -0.1) is 0 Å². The van der Waals surface area contributed by atoms with Gasteiger partial charge in [0.05, 0.1) is 26.0 Å². The summed E-state index contributed by atoms with van der Waals surface area (Å²) >= 11 is 0. The van der Waals surface area contributed by atoms with Crippen molar-refractivity contribution in [3.63, 3.8) is 0 Å². The fourth-order valence-corrected chi connectivity index (χ4v) is 6.00. The Hall–Kier alpha value is -5.72. The normalized spacial score (nSPS) is 17.7. The zero-order valence-electron chi connectivity index (χ0n) is 41.7. The first kappa shape index (κ1) is 12.5. The van der Waals surface area contributed by atoms with Crippen molar-refractivity contribution in [2.24, 2.45) is 0 Å². The van der Waals surface area contributed by atoms with Gasteiger partial charge in [-0.25, -0.2) is 0 Å². The minimum absolute atomic E-state index is 0.168. The van der Waals surface area contributed by atoms with Crippen LogP contribution in [-0.2, 0) is 0 Å². The highest BCUT2D eigenvalue weighted by Gasteiger charge is 2.19. The third-order valence-corrected chi connectivity index (χ3v) is 7.91. The van der Waals surface area contributed by atoms with Crippen molar-refractivity contribution in [3.8, 4) is 33.4 Å². The Morgan fingerprint density at radius 2 is 0.818 bits per heavy atom. The van der Waals surface area contributed by atoms with Crippen molar-refractivity contribution in [1.82, 2.24) is 0 Å². The van der Waals surface area contributed by atoms with Crippen molar-refractivity contribution in [1.29, 1.82) is 0 Å². The number of rotatable bonds is 3. The van der Waals surface area contributed by atoms with Crippen LogP contribution in [0.2, 0.25) is 0 Å². The van der Waals surface area contributed by atoms with Crippen LogP contribution in [0, 0.1) is 0 Å². The van der Waals surface area contributed by atoms with Crippen LogP contribution in [0.5, 0.6) is 0 Å². The van der Waals surface area contributed by atoms with Gasteiger partial charge in [-0.2, -0.15) is 0 Å². The maximum atomic E-state index is 9.52. The van der Waals surface area contributed by atoms with E-state index in [2.05, 4.69) is 0 Å². The largest absolute Gasteiger partial charge is 0.0629 e. The van der Waals surface area contributed by atoms with Gasteiger partial charge in [0.1, 0.15) is 0 Å². The molecule has 0 radical (unpaired) electrons. The number of benzene rings is 9. The van der Waals surface area contributed by atoms with E-state index in [-0.39, 0.29) is 16.7 Å². The van der Waals surface area contributed by atoms with Crippen LogP contribution in [-0.4, -0.2) is 0 Å². The number of fused-ring (bicyclic) bond motifs is 6. The SMILES string of the molecule is [2H]c1c([2H])c([2H])c(-c2c3c([2H])c([2H])c([2H])c([2H])c3c(-c3c([2H])c([2H])c([2H])c4c([2H])c([2H])c([2H])c([2H])c34)c3c([2H])c([2H])c([2H])c([2H])c23)c(-c2ccc3ccc4ccccc4c3c2)c1[2H]. The molecular formula is C44H28. The summed E-state index contributed by atoms with van der Waals surface area (Å²) in [5.74, 6) is 0. The van der Waals surface area contributed by atoms with Gasteiger partial charge in [0.2, 0.25) is 0 Å². The lowest BCUT2D eigenvalue weighted by Gasteiger charge is -2.20. The molecular weight excluding hydrogens is 528 g/mol. The van der Waals surface area contributed by atoms with Gasteiger partial charge in [-0.3, -0.25) is 0 Å². The summed E-state index contributed by atoms with van der Waals surface area (Å²) in [6, 6.07) is 1.44. The molecule has 0 aromatic heterocycles. The third-order valence-electron chi connectivity index (χ3n) is 7.91. The highest BCUT2D eigenvalue weighted by molar-refractivity contribution is 6.24. The van der Waals surface area contributed by atoms with Crippen LogP contribution in [0.3, 0.4) is 0 Å². The Balaban J connectivity index is 1.63. The molecule has 0 aliphatic heterocycles. The summed E-state index contributed by atoms with van der Waals surface area (Å²) in [7, 11) is 0. The van der Waals surface area contributed by atoms with Crippen molar-refractivity contribution < 1.29 is 26.0 Å². The van der Waals surface area contributed by atoms with Crippen LogP contribution in [0.15, 0.2) is 169 Å². The summed E-state index contributed by atoms with van der Waals surface area (Å²) in [6.45, 7) is 0. The minimum atomic E-state index is -0.850. The molecule has 9 rings (SSSR count). The number of hydrogen-bond acceptors (Lipinski definition) is 0. The van der Waals surface area contributed by atoms with Gasteiger partial charge in [-0.1, -0.05) is 163 Å². The van der Waals surface area contributed by atoms with Gasteiger partial charge in [0.15, 0.2) is 0 Å². The Bertz CT molecular complexity index is 3530. The number of hydrogen-bond donors (Lipinski definition) is 0. The molecule has 0 fully saturated rings. The molecule has 44 heavy (non-hydrogen) atoms. The van der Waals surface area contributed by atoms with Crippen LogP contribution < -0.4 is 0 Å². The lowest BCUT2D eigenvalue weighted by atomic mass is 9.83. The average Bonchev–Trinajstić information content (AvgIpc) is 3.28. The molecule has 0 heterocycles. The first-order valence-corrected chi connectivity index (χ1v) is 13.7. The van der Waals surface area contributed by atoms with Gasteiger partial charge < -0.3 is 0 Å². The molecule has 0 saturated carbocycles. The van der Waals surface area contributed by atoms with E-state index in [0.29, 0.717) is 5.39 Å². The molecule has 0 heteroatoms. The first-order valence-electron chi connectivity index (χ1n) is 23.2. The smallest absolute Gasteiger partial charge is 0.0616 e. The highest BCUT2D eigenvalue weighted by atomic mass is 14.2. The molecule has 9 aromatic carbocycles. The van der Waals surface area contributed by atoms with Crippen molar-refractivity contribution in [2.45, 2.75) is 0 Å². The summed E-state index contributed by atoms with van der Waals surface area (Å²) in [5, 5.41) is 0.0611. The Morgan fingerprint density at radius 1 is 0.318 bits per heavy atom. The maximum Gasteiger partial charge on any atom is 0.0629 e. The Labute approximate surface area is 283 Å². The second kappa shape index (κ2) is 9.93. The van der Waals surface area contributed by atoms with Crippen molar-refractivity contribution in [2.75, 3.05) is 0 Å². The van der Waals surface area contributed by atoms with E-state index in [1.165, 1.54) is 0 Å². The van der Waals surface area contributed by atoms with Gasteiger partial charge in [0, 0.05) is 0 Å². The van der Waals surface area contributed by atoms with E-state index < -0.39 is 164 Å². The third kappa shape index (κ3) is 3.78. The summed E-state index contributed by atoms with van der Waals surface area (Å²) < 4.78 is 172. The molecule has 0 bridgehead atoms. The summed E-state index contributed by atoms with van der Waals surface area (Å²) in [6.07, 6.45) is 0. The van der Waals surface area contributed by atoms with Crippen molar-refractivity contribution >= 4 is 53.9 Å². The molecule has 0 amide bonds. The van der Waals surface area contributed by atoms with E-state index in [1.807, 2.05) is 36.4 Å². The molecule has 0 aliphatic rings. The lowest BCUT2D eigenvalue weighted by molar-refractivity contribution is 1.63. The van der Waals surface area contributed by atoms with E-state index in [4.69, 9.17) is 16.4 Å². The standard InChI is InChI=1S/C44H28/c1-3-15-33-29(12-1)14-11-23-37(33)44-40-21-9-7-19-38(40)43(39-20-8-10-22-41(39)44)36-18-6-5-17-35(36)32-27-26-31-25-24-30-13-2-4-16-34(30)42(31)28-32/h1-28H/i1D,3D,5D,6D,7D,8D,9D,10D,11D,12D,14D,15D,17D,18D,19D,20D,21D,22D,23D. The van der Waals surface area contributed by atoms with Gasteiger partial charge in [0.25, 0.3) is 0 Å². The topological polar surface area (TPSA) is 0 Å². The molecule has 0 atom stereocenters. The minimum Gasteiger partial charge on any atom is -0.0616 e. The average molecular weight is 576 g/mol. The Kier molecular flexibility index (Phi) is 2.82. The fourth-order valence-electron chi connectivity index (χ4n) is 6.00. The van der Waals surface area contributed by atoms with Crippen molar-refractivity contribution in [3.05, 3.63) is 169 Å². The fraction of sp³-hybridized carbons (Fsp3) is 0. The Morgan fingerprint density at radius 3 is 1.55 bits per heavy atom. The highest BCUT2D eigenvalue weighted by Crippen LogP contribution is 2.47. The monoisotopic (exact) mass is 575 g/mol. The van der Waals surface area contributed by atoms with E-state index in [9.17, 15) is 9.60 Å². The lowest BCUT2D eigenvalue weighted by Crippen LogP contribution is -1.93. The zero-order chi connectivity index (χ0) is 45.6. The molecule has 0 aliphatic carbocycles. The van der Waals surface area contributed by atoms with E-state index >= 15 is 0 Å². The summed E-state index contributed by atoms with van der Waals surface area (Å²) in [5.41, 5.74) is -1.85. The van der Waals surface area contributed by atoms with Gasteiger partial charge in [-0.05, 0) is 93.3 Å². The van der Waals surface area contributed by atoms with Crippen LogP contribution >= 0.6 is 0 Å². The van der Waals surface area contributed by atoms with E-state index in [0.717, 1.165) is 16.2 Å². The van der Waals surface area contributed by atoms with E-state index in [1.54, 1.807) is 18.2 Å². The molecule has 0 nitrogen and oxygen atoms in total. The molecule has 0 unspecified atom stereocenters. The summed E-state index contributed by atoms with van der Waals surface area (Å²) in [4.78, 5) is 0. The molecule has 0 N–H and O–H groups in total. The predicted octanol–water partition coefficient (Wildman–Crippen LogP) is 12.5. The molecule has 0 spiro atoms. The first-order chi connectivity index (χ1) is 29.7. The predicted molar refractivity (Wildman–Crippen MR) is 190 cm³/mol. The second-order valence-electron chi connectivity index (χ2n) is 10.2. The van der Waals surface area contributed by atoms with Gasteiger partial charge >= 0.3 is 0 Å². The molecule has 204 valence electrons. The van der Waals surface area contributed by atoms with Crippen LogP contribution in [0.25, 0.3) is 87.2 Å². The van der Waals surface area contributed by atoms with Crippen LogP contribution in [0.4, 0.5) is 0 Å². The quantitative estimate of drug-likeness (QED) is 0.145. The maximum absolute atomic E-state index is 9.52.